The van der Waals surface area contributed by atoms with Crippen molar-refractivity contribution in [2.24, 2.45) is 10.8 Å². The van der Waals surface area contributed by atoms with Gasteiger partial charge in [-0.05, 0) is 59.3 Å². The first kappa shape index (κ1) is 28.4. The fourth-order valence-electron chi connectivity index (χ4n) is 6.71. The maximum Gasteiger partial charge on any atom is 0.410 e. The highest BCUT2D eigenvalue weighted by atomic mass is 19.4. The second kappa shape index (κ2) is 9.49. The predicted molar refractivity (Wildman–Crippen MR) is 132 cm³/mol. The Bertz CT molecular complexity index is 996. The Morgan fingerprint density at radius 2 is 1.56 bits per heavy atom. The highest BCUT2D eigenvalue weighted by Crippen LogP contribution is 2.51. The van der Waals surface area contributed by atoms with Crippen LogP contribution in [0, 0.1) is 10.8 Å². The van der Waals surface area contributed by atoms with E-state index in [0.29, 0.717) is 0 Å². The highest BCUT2D eigenvalue weighted by Gasteiger charge is 2.64. The minimum atomic E-state index is -4.77. The summed E-state index contributed by atoms with van der Waals surface area (Å²) in [6.45, 7) is 5.30. The number of hydrogen-bond acceptors (Lipinski definition) is 6. The molecule has 3 heterocycles. The summed E-state index contributed by atoms with van der Waals surface area (Å²) in [6.07, 6.45) is -3.46. The number of alkyl halides is 3. The van der Waals surface area contributed by atoms with Gasteiger partial charge in [-0.15, -0.1) is 0 Å². The lowest BCUT2D eigenvalue weighted by Crippen LogP contribution is -2.65. The van der Waals surface area contributed by atoms with Crippen LogP contribution in [0.1, 0.15) is 72.1 Å². The van der Waals surface area contributed by atoms with Crippen molar-refractivity contribution in [3.8, 4) is 0 Å². The first-order valence-electron chi connectivity index (χ1n) is 14.1. The van der Waals surface area contributed by atoms with E-state index in [0.717, 1.165) is 32.1 Å². The van der Waals surface area contributed by atoms with E-state index < -0.39 is 71.1 Å². The van der Waals surface area contributed by atoms with Crippen molar-refractivity contribution in [2.45, 2.75) is 102 Å². The third-order valence-corrected chi connectivity index (χ3v) is 9.50. The second-order valence-electron chi connectivity index (χ2n) is 13.3. The number of nitrogens with zero attached hydrogens (tertiary/aromatic N) is 3. The first-order valence-corrected chi connectivity index (χ1v) is 14.1. The molecule has 9 nitrogen and oxygen atoms in total. The van der Waals surface area contributed by atoms with Crippen LogP contribution >= 0.6 is 0 Å². The van der Waals surface area contributed by atoms with Gasteiger partial charge in [0.1, 0.15) is 17.1 Å². The van der Waals surface area contributed by atoms with E-state index >= 15 is 0 Å². The van der Waals surface area contributed by atoms with E-state index in [4.69, 9.17) is 9.47 Å². The molecule has 2 atom stereocenters. The highest BCUT2D eigenvalue weighted by molar-refractivity contribution is 5.88. The van der Waals surface area contributed by atoms with Crippen LogP contribution in [0.15, 0.2) is 0 Å². The van der Waals surface area contributed by atoms with Crippen LogP contribution in [-0.2, 0) is 19.1 Å². The third-order valence-electron chi connectivity index (χ3n) is 9.50. The minimum absolute atomic E-state index is 0.00772. The molecule has 2 aliphatic carbocycles. The summed E-state index contributed by atoms with van der Waals surface area (Å²) in [7, 11) is 0. The van der Waals surface area contributed by atoms with Crippen LogP contribution < -0.4 is 0 Å². The fourth-order valence-corrected chi connectivity index (χ4v) is 6.71. The zero-order chi connectivity index (χ0) is 28.4. The minimum Gasteiger partial charge on any atom is -0.444 e. The molecule has 3 amide bonds. The van der Waals surface area contributed by atoms with Gasteiger partial charge < -0.3 is 24.4 Å². The van der Waals surface area contributed by atoms with E-state index in [1.165, 1.54) is 14.7 Å². The molecule has 2 spiro atoms. The third kappa shape index (κ3) is 5.11. The molecule has 5 rings (SSSR count). The molecule has 0 aromatic rings. The number of hydrogen-bond donors (Lipinski definition) is 1. The lowest BCUT2D eigenvalue weighted by molar-refractivity contribution is -0.241. The Labute approximate surface area is 226 Å². The summed E-state index contributed by atoms with van der Waals surface area (Å²) in [6, 6.07) is -1.04. The Kier molecular flexibility index (Phi) is 6.93. The van der Waals surface area contributed by atoms with Crippen molar-refractivity contribution < 1.29 is 42.1 Å². The Morgan fingerprint density at radius 3 is 2.08 bits per heavy atom. The standard InChI is InChI=1S/C27H40F3N3O6/c1-23(2,3)39-22(37)33-16-24(5-4-6-24)19(34)15-18(33)20(35)31-11-9-26(10-12-31,27(28,29)30)21(36)32-13-14-38-25(17-32)7-8-25/h18-19,34H,4-17H2,1-3H3/t18-,19+/m0/s1. The number of aliphatic hydroxyl groups excluding tert-OH is 1. The quantitative estimate of drug-likeness (QED) is 0.559. The van der Waals surface area contributed by atoms with Crippen molar-refractivity contribution >= 4 is 17.9 Å². The molecule has 3 aliphatic heterocycles. The first-order chi connectivity index (χ1) is 18.1. The van der Waals surface area contributed by atoms with Crippen LogP contribution in [0.25, 0.3) is 0 Å². The summed E-state index contributed by atoms with van der Waals surface area (Å²) in [5, 5.41) is 10.9. The SMILES string of the molecule is CC(C)(C)OC(=O)N1CC2(CCC2)[C@H](O)C[C@H]1C(=O)N1CCC(C(=O)N2CCOC3(CC3)C2)(C(F)(F)F)CC1. The van der Waals surface area contributed by atoms with Gasteiger partial charge in [0.15, 0.2) is 0 Å². The molecule has 220 valence electrons. The van der Waals surface area contributed by atoms with Crippen molar-refractivity contribution in [1.29, 1.82) is 0 Å². The van der Waals surface area contributed by atoms with Crippen LogP contribution in [0.5, 0.6) is 0 Å². The van der Waals surface area contributed by atoms with Gasteiger partial charge in [-0.2, -0.15) is 13.2 Å². The van der Waals surface area contributed by atoms with Gasteiger partial charge >= 0.3 is 12.3 Å². The molecule has 0 radical (unpaired) electrons. The number of morpholine rings is 1. The number of ether oxygens (including phenoxy) is 2. The van der Waals surface area contributed by atoms with Crippen molar-refractivity contribution in [1.82, 2.24) is 14.7 Å². The Balaban J connectivity index is 1.31. The molecule has 5 fully saturated rings. The molecule has 0 aromatic heterocycles. The number of likely N-dealkylation sites (tertiary alicyclic amines) is 2. The Morgan fingerprint density at radius 1 is 0.923 bits per heavy atom. The van der Waals surface area contributed by atoms with Crippen LogP contribution in [-0.4, -0.2) is 107 Å². The van der Waals surface area contributed by atoms with E-state index in [2.05, 4.69) is 0 Å². The van der Waals surface area contributed by atoms with E-state index in [-0.39, 0.29) is 45.8 Å². The van der Waals surface area contributed by atoms with Crippen LogP contribution in [0.3, 0.4) is 0 Å². The summed E-state index contributed by atoms with van der Waals surface area (Å²) in [4.78, 5) is 44.2. The normalized spacial score (nSPS) is 29.7. The van der Waals surface area contributed by atoms with E-state index in [1.54, 1.807) is 20.8 Å². The van der Waals surface area contributed by atoms with Gasteiger partial charge in [-0.3, -0.25) is 14.5 Å². The molecule has 5 aliphatic rings. The molecular weight excluding hydrogens is 519 g/mol. The molecule has 39 heavy (non-hydrogen) atoms. The molecule has 12 heteroatoms. The summed E-state index contributed by atoms with van der Waals surface area (Å²) >= 11 is 0. The molecule has 0 bridgehead atoms. The molecular formula is C27H40F3N3O6. The van der Waals surface area contributed by atoms with Gasteiger partial charge in [-0.25, -0.2) is 4.79 Å². The number of rotatable bonds is 2. The average Bonchev–Trinajstić information content (AvgIpc) is 3.58. The topological polar surface area (TPSA) is 99.6 Å². The maximum atomic E-state index is 14.5. The van der Waals surface area contributed by atoms with Crippen molar-refractivity contribution in [3.05, 3.63) is 0 Å². The molecule has 3 saturated heterocycles. The van der Waals surface area contributed by atoms with E-state index in [9.17, 15) is 32.7 Å². The molecule has 0 aromatic carbocycles. The number of carbonyl (C=O) groups is 3. The van der Waals surface area contributed by atoms with Crippen LogP contribution in [0.4, 0.5) is 18.0 Å². The fraction of sp³-hybridized carbons (Fsp3) is 0.889. The van der Waals surface area contributed by atoms with Gasteiger partial charge in [0, 0.05) is 44.6 Å². The molecule has 1 N–H and O–H groups in total. The number of carbonyl (C=O) groups excluding carboxylic acids is 3. The zero-order valence-electron chi connectivity index (χ0n) is 23.0. The number of aliphatic hydroxyl groups is 1. The lowest BCUT2D eigenvalue weighted by Gasteiger charge is -2.54. The lowest BCUT2D eigenvalue weighted by atomic mass is 9.61. The molecule has 2 saturated carbocycles. The summed E-state index contributed by atoms with van der Waals surface area (Å²) in [5.41, 5.74) is -4.35. The second-order valence-corrected chi connectivity index (χ2v) is 13.3. The number of amides is 3. The van der Waals surface area contributed by atoms with Gasteiger partial charge in [0.25, 0.3) is 0 Å². The van der Waals surface area contributed by atoms with E-state index in [1.807, 2.05) is 0 Å². The summed E-state index contributed by atoms with van der Waals surface area (Å²) < 4.78 is 54.8. The largest absolute Gasteiger partial charge is 0.444 e. The van der Waals surface area contributed by atoms with Gasteiger partial charge in [0.05, 0.1) is 18.3 Å². The maximum absolute atomic E-state index is 14.5. The smallest absolute Gasteiger partial charge is 0.410 e. The average molecular weight is 560 g/mol. The number of halogens is 3. The van der Waals surface area contributed by atoms with Gasteiger partial charge in [0.2, 0.25) is 11.8 Å². The predicted octanol–water partition coefficient (Wildman–Crippen LogP) is 3.09. The Hall–Kier alpha value is -2.08. The zero-order valence-corrected chi connectivity index (χ0v) is 23.0. The monoisotopic (exact) mass is 559 g/mol. The van der Waals surface area contributed by atoms with Crippen molar-refractivity contribution in [2.75, 3.05) is 39.3 Å². The number of piperidine rings is 2. The molecule has 0 unspecified atom stereocenters. The van der Waals surface area contributed by atoms with Crippen molar-refractivity contribution in [3.63, 3.8) is 0 Å². The van der Waals surface area contributed by atoms with Crippen LogP contribution in [0.2, 0.25) is 0 Å². The van der Waals surface area contributed by atoms with Gasteiger partial charge in [-0.1, -0.05) is 6.42 Å². The summed E-state index contributed by atoms with van der Waals surface area (Å²) in [5.74, 6) is -1.45.